The molecule has 1 saturated heterocycles. The molecule has 2 aromatic rings. The second kappa shape index (κ2) is 6.04. The number of aromatic nitrogens is 2. The molecule has 4 rings (SSSR count). The van der Waals surface area contributed by atoms with Crippen LogP contribution in [0.4, 0.5) is 4.39 Å². The minimum Gasteiger partial charge on any atom is -0.356 e. The van der Waals surface area contributed by atoms with Gasteiger partial charge in [-0.15, -0.1) is 0 Å². The fourth-order valence-electron chi connectivity index (χ4n) is 3.50. The molecule has 0 bridgehead atoms. The molecule has 5 heteroatoms. The third-order valence-electron chi connectivity index (χ3n) is 4.87. The van der Waals surface area contributed by atoms with E-state index in [1.54, 1.807) is 16.9 Å². The Labute approximate surface area is 135 Å². The molecule has 2 aliphatic heterocycles. The number of halogens is 1. The Morgan fingerprint density at radius 2 is 2.17 bits per heavy atom. The number of aliphatic imine (C=N–C) groups is 1. The Morgan fingerprint density at radius 1 is 1.26 bits per heavy atom. The highest BCUT2D eigenvalue weighted by Gasteiger charge is 2.22. The molecule has 0 N–H and O–H groups in total. The number of hydrogen-bond acceptors (Lipinski definition) is 3. The lowest BCUT2D eigenvalue weighted by molar-refractivity contribution is -0.0369. The summed E-state index contributed by atoms with van der Waals surface area (Å²) in [7, 11) is 0. The highest BCUT2D eigenvalue weighted by Crippen LogP contribution is 2.29. The number of ether oxygens (including phenoxy) is 1. The zero-order chi connectivity index (χ0) is 15.8. The summed E-state index contributed by atoms with van der Waals surface area (Å²) in [6, 6.07) is 3.62. The number of benzene rings is 1. The van der Waals surface area contributed by atoms with Crippen molar-refractivity contribution in [3.63, 3.8) is 0 Å². The Morgan fingerprint density at radius 3 is 2.91 bits per heavy atom. The zero-order valence-corrected chi connectivity index (χ0v) is 13.5. The van der Waals surface area contributed by atoms with E-state index in [4.69, 9.17) is 4.74 Å². The van der Waals surface area contributed by atoms with Crippen molar-refractivity contribution in [1.29, 1.82) is 0 Å². The van der Waals surface area contributed by atoms with E-state index in [2.05, 4.69) is 17.0 Å². The van der Waals surface area contributed by atoms with Gasteiger partial charge in [-0.25, -0.2) is 9.07 Å². The summed E-state index contributed by atoms with van der Waals surface area (Å²) in [5.41, 5.74) is 2.46. The Balaban J connectivity index is 1.72. The molecule has 2 unspecified atom stereocenters. The van der Waals surface area contributed by atoms with Crippen molar-refractivity contribution >= 4 is 16.6 Å². The summed E-state index contributed by atoms with van der Waals surface area (Å²) in [6.45, 7) is 3.77. The summed E-state index contributed by atoms with van der Waals surface area (Å²) in [5.74, 6) is 0.393. The third-order valence-corrected chi connectivity index (χ3v) is 4.87. The van der Waals surface area contributed by atoms with Gasteiger partial charge in [0, 0.05) is 24.2 Å². The lowest BCUT2D eigenvalue weighted by atomic mass is 9.95. The van der Waals surface area contributed by atoms with Crippen LogP contribution >= 0.6 is 0 Å². The van der Waals surface area contributed by atoms with Gasteiger partial charge in [-0.1, -0.05) is 6.92 Å². The number of hydrogen-bond donors (Lipinski definition) is 0. The van der Waals surface area contributed by atoms with Crippen LogP contribution in [0.3, 0.4) is 0 Å². The zero-order valence-electron chi connectivity index (χ0n) is 13.5. The van der Waals surface area contributed by atoms with E-state index in [1.807, 2.05) is 6.07 Å². The third kappa shape index (κ3) is 2.78. The normalized spacial score (nSPS) is 25.6. The first-order chi connectivity index (χ1) is 11.2. The second-order valence-electron chi connectivity index (χ2n) is 6.74. The van der Waals surface area contributed by atoms with Crippen molar-refractivity contribution in [3.05, 3.63) is 29.7 Å². The van der Waals surface area contributed by atoms with E-state index in [9.17, 15) is 4.39 Å². The van der Waals surface area contributed by atoms with Gasteiger partial charge in [0.25, 0.3) is 0 Å². The molecule has 1 aromatic carbocycles. The van der Waals surface area contributed by atoms with Crippen molar-refractivity contribution in [3.8, 4) is 0 Å². The molecule has 0 spiro atoms. The Bertz CT molecular complexity index is 746. The Hall–Kier alpha value is -1.75. The minimum absolute atomic E-state index is 0.144. The Kier molecular flexibility index (Phi) is 3.89. The molecule has 4 nitrogen and oxygen atoms in total. The molecule has 2 aliphatic rings. The molecule has 3 heterocycles. The molecule has 1 aromatic heterocycles. The SMILES string of the molecule is CC1CCC(c2cc(F)c3c(cnn3C3CCCCO3)c2)=NC1. The predicted molar refractivity (Wildman–Crippen MR) is 88.3 cm³/mol. The van der Waals surface area contributed by atoms with Gasteiger partial charge in [0.1, 0.15) is 11.3 Å². The van der Waals surface area contributed by atoms with Crippen molar-refractivity contribution in [2.75, 3.05) is 13.2 Å². The maximum absolute atomic E-state index is 14.8. The first-order valence-corrected chi connectivity index (χ1v) is 8.54. The fraction of sp³-hybridized carbons (Fsp3) is 0.556. The van der Waals surface area contributed by atoms with Gasteiger partial charge in [0.15, 0.2) is 6.23 Å². The van der Waals surface area contributed by atoms with Crippen molar-refractivity contribution in [1.82, 2.24) is 9.78 Å². The molecule has 0 amide bonds. The van der Waals surface area contributed by atoms with E-state index in [1.165, 1.54) is 0 Å². The highest BCUT2D eigenvalue weighted by molar-refractivity contribution is 6.03. The van der Waals surface area contributed by atoms with Crippen LogP contribution in [0.2, 0.25) is 0 Å². The van der Waals surface area contributed by atoms with Crippen molar-refractivity contribution in [2.24, 2.45) is 10.9 Å². The van der Waals surface area contributed by atoms with Crippen LogP contribution in [0.1, 0.15) is 50.8 Å². The predicted octanol–water partition coefficient (Wildman–Crippen LogP) is 4.09. The quantitative estimate of drug-likeness (QED) is 0.837. The van der Waals surface area contributed by atoms with Crippen molar-refractivity contribution in [2.45, 2.75) is 45.3 Å². The number of nitrogens with zero attached hydrogens (tertiary/aromatic N) is 3. The molecular formula is C18H22FN3O. The summed E-state index contributed by atoms with van der Waals surface area (Å²) < 4.78 is 22.2. The van der Waals surface area contributed by atoms with Crippen LogP contribution in [0.5, 0.6) is 0 Å². The van der Waals surface area contributed by atoms with Crippen LogP contribution in [0, 0.1) is 11.7 Å². The monoisotopic (exact) mass is 315 g/mol. The maximum Gasteiger partial charge on any atom is 0.150 e. The van der Waals surface area contributed by atoms with E-state index in [0.29, 0.717) is 11.4 Å². The van der Waals surface area contributed by atoms with Gasteiger partial charge in [-0.3, -0.25) is 4.99 Å². The summed E-state index contributed by atoms with van der Waals surface area (Å²) in [4.78, 5) is 4.62. The van der Waals surface area contributed by atoms with E-state index < -0.39 is 0 Å². The fourth-order valence-corrected chi connectivity index (χ4v) is 3.50. The van der Waals surface area contributed by atoms with E-state index >= 15 is 0 Å². The van der Waals surface area contributed by atoms with Gasteiger partial charge < -0.3 is 4.74 Å². The lowest BCUT2D eigenvalue weighted by Gasteiger charge is -2.23. The summed E-state index contributed by atoms with van der Waals surface area (Å²) >= 11 is 0. The molecular weight excluding hydrogens is 293 g/mol. The van der Waals surface area contributed by atoms with Gasteiger partial charge in [0.2, 0.25) is 0 Å². The summed E-state index contributed by atoms with van der Waals surface area (Å²) in [5, 5.41) is 5.22. The lowest BCUT2D eigenvalue weighted by Crippen LogP contribution is -2.19. The van der Waals surface area contributed by atoms with E-state index in [0.717, 1.165) is 61.9 Å². The first kappa shape index (κ1) is 14.8. The van der Waals surface area contributed by atoms with Crippen LogP contribution in [0.15, 0.2) is 23.3 Å². The molecule has 23 heavy (non-hydrogen) atoms. The van der Waals surface area contributed by atoms with Crippen LogP contribution in [-0.4, -0.2) is 28.6 Å². The molecule has 0 radical (unpaired) electrons. The topological polar surface area (TPSA) is 39.4 Å². The molecule has 2 atom stereocenters. The smallest absolute Gasteiger partial charge is 0.150 e. The highest BCUT2D eigenvalue weighted by atomic mass is 19.1. The van der Waals surface area contributed by atoms with Gasteiger partial charge in [-0.2, -0.15) is 5.10 Å². The molecule has 1 fully saturated rings. The minimum atomic E-state index is -0.231. The van der Waals surface area contributed by atoms with Crippen LogP contribution in [0.25, 0.3) is 10.9 Å². The molecule has 0 aliphatic carbocycles. The standard InChI is InChI=1S/C18H22FN3O/c1-12-5-6-16(20-10-12)13-8-14-11-21-22(18(14)15(19)9-13)17-4-2-3-7-23-17/h8-9,11-12,17H,2-7,10H2,1H3. The van der Waals surface area contributed by atoms with Gasteiger partial charge >= 0.3 is 0 Å². The average Bonchev–Trinajstić information content (AvgIpc) is 3.01. The number of rotatable bonds is 2. The molecule has 122 valence electrons. The first-order valence-electron chi connectivity index (χ1n) is 8.54. The largest absolute Gasteiger partial charge is 0.356 e. The van der Waals surface area contributed by atoms with Gasteiger partial charge in [0.05, 0.1) is 6.20 Å². The van der Waals surface area contributed by atoms with Gasteiger partial charge in [-0.05, 0) is 55.7 Å². The second-order valence-corrected chi connectivity index (χ2v) is 6.74. The molecule has 0 saturated carbocycles. The van der Waals surface area contributed by atoms with E-state index in [-0.39, 0.29) is 12.0 Å². The van der Waals surface area contributed by atoms with Crippen molar-refractivity contribution < 1.29 is 9.13 Å². The average molecular weight is 315 g/mol. The van der Waals surface area contributed by atoms with Crippen LogP contribution in [-0.2, 0) is 4.74 Å². The maximum atomic E-state index is 14.8. The summed E-state index contributed by atoms with van der Waals surface area (Å²) in [6.07, 6.45) is 6.70. The number of fused-ring (bicyclic) bond motifs is 1. The van der Waals surface area contributed by atoms with Crippen LogP contribution < -0.4 is 0 Å².